The molecular formula is C10H12FN5O2S. The van der Waals surface area contributed by atoms with Crippen LogP contribution in [0.25, 0.3) is 0 Å². The number of rotatable bonds is 4. The Kier molecular flexibility index (Phi) is 3.49. The fraction of sp³-hybridized carbons (Fsp3) is 0.200. The first kappa shape index (κ1) is 13.4. The number of aromatic nitrogens is 3. The Balaban J connectivity index is 2.31. The molecule has 1 aromatic carbocycles. The van der Waals surface area contributed by atoms with Crippen LogP contribution in [0.2, 0.25) is 0 Å². The first-order valence-corrected chi connectivity index (χ1v) is 6.71. The largest absolute Gasteiger partial charge is 0.399 e. The van der Waals surface area contributed by atoms with Crippen molar-refractivity contribution in [2.75, 3.05) is 12.8 Å². The molecule has 1 heterocycles. The summed E-state index contributed by atoms with van der Waals surface area (Å²) in [6.07, 6.45) is 1.26. The summed E-state index contributed by atoms with van der Waals surface area (Å²) in [7, 11) is -2.62. The molecule has 0 bridgehead atoms. The Labute approximate surface area is 109 Å². The number of aromatic amines is 1. The van der Waals surface area contributed by atoms with E-state index in [2.05, 4.69) is 15.2 Å². The van der Waals surface area contributed by atoms with Crippen LogP contribution in [-0.4, -0.2) is 35.0 Å². The van der Waals surface area contributed by atoms with Crippen molar-refractivity contribution in [2.24, 2.45) is 0 Å². The standard InChI is InChI=1S/C10H12FN5O2S/c1-16(5-10-13-6-14-15-10)19(17,18)9-3-2-7(12)4-8(9)11/h2-4,6H,5,12H2,1H3,(H,13,14,15). The number of nitrogens with two attached hydrogens (primary N) is 1. The third kappa shape index (κ3) is 2.71. The quantitative estimate of drug-likeness (QED) is 0.788. The smallest absolute Gasteiger partial charge is 0.246 e. The second-order valence-corrected chi connectivity index (χ2v) is 5.90. The number of hydrogen-bond acceptors (Lipinski definition) is 5. The Morgan fingerprint density at radius 1 is 1.47 bits per heavy atom. The minimum Gasteiger partial charge on any atom is -0.399 e. The second kappa shape index (κ2) is 4.94. The van der Waals surface area contributed by atoms with E-state index in [4.69, 9.17) is 5.73 Å². The van der Waals surface area contributed by atoms with Crippen LogP contribution in [0.5, 0.6) is 0 Å². The van der Waals surface area contributed by atoms with Crippen LogP contribution < -0.4 is 5.73 Å². The molecule has 9 heteroatoms. The number of hydrogen-bond donors (Lipinski definition) is 2. The van der Waals surface area contributed by atoms with E-state index in [0.29, 0.717) is 5.82 Å². The number of nitrogen functional groups attached to an aromatic ring is 1. The number of sulfonamides is 1. The summed E-state index contributed by atoms with van der Waals surface area (Å²) in [5.41, 5.74) is 5.55. The molecule has 0 fully saturated rings. The maximum absolute atomic E-state index is 13.7. The van der Waals surface area contributed by atoms with Gasteiger partial charge in [-0.05, 0) is 18.2 Å². The maximum atomic E-state index is 13.7. The Morgan fingerprint density at radius 3 is 2.79 bits per heavy atom. The molecule has 19 heavy (non-hydrogen) atoms. The van der Waals surface area contributed by atoms with Gasteiger partial charge in [0, 0.05) is 12.7 Å². The van der Waals surface area contributed by atoms with Gasteiger partial charge in [-0.15, -0.1) is 0 Å². The molecule has 102 valence electrons. The van der Waals surface area contributed by atoms with Crippen molar-refractivity contribution in [3.05, 3.63) is 36.2 Å². The van der Waals surface area contributed by atoms with Gasteiger partial charge in [0.25, 0.3) is 0 Å². The summed E-state index contributed by atoms with van der Waals surface area (Å²) in [4.78, 5) is 3.39. The van der Waals surface area contributed by atoms with E-state index in [1.165, 1.54) is 19.4 Å². The highest BCUT2D eigenvalue weighted by molar-refractivity contribution is 7.89. The fourth-order valence-electron chi connectivity index (χ4n) is 1.50. The van der Waals surface area contributed by atoms with Gasteiger partial charge in [0.05, 0.1) is 6.54 Å². The lowest BCUT2D eigenvalue weighted by Crippen LogP contribution is -2.27. The topological polar surface area (TPSA) is 105 Å². The van der Waals surface area contributed by atoms with Gasteiger partial charge in [-0.3, -0.25) is 5.10 Å². The monoisotopic (exact) mass is 285 g/mol. The number of H-pyrrole nitrogens is 1. The highest BCUT2D eigenvalue weighted by Gasteiger charge is 2.25. The minimum atomic E-state index is -3.95. The third-order valence-corrected chi connectivity index (χ3v) is 4.32. The summed E-state index contributed by atoms with van der Waals surface area (Å²) < 4.78 is 39.0. The van der Waals surface area contributed by atoms with Crippen LogP contribution in [0.15, 0.2) is 29.4 Å². The highest BCUT2D eigenvalue weighted by Crippen LogP contribution is 2.21. The molecule has 0 saturated carbocycles. The van der Waals surface area contributed by atoms with Crippen molar-refractivity contribution in [3.8, 4) is 0 Å². The van der Waals surface area contributed by atoms with Crippen molar-refractivity contribution in [1.82, 2.24) is 19.5 Å². The van der Waals surface area contributed by atoms with Gasteiger partial charge in [0.2, 0.25) is 10.0 Å². The molecule has 0 saturated heterocycles. The minimum absolute atomic E-state index is 0.0356. The van der Waals surface area contributed by atoms with Crippen molar-refractivity contribution >= 4 is 15.7 Å². The van der Waals surface area contributed by atoms with E-state index in [9.17, 15) is 12.8 Å². The molecule has 0 spiro atoms. The zero-order valence-corrected chi connectivity index (χ0v) is 10.9. The van der Waals surface area contributed by atoms with Crippen LogP contribution in [0.1, 0.15) is 5.82 Å². The van der Waals surface area contributed by atoms with Gasteiger partial charge in [0.1, 0.15) is 22.9 Å². The average Bonchev–Trinajstić information content (AvgIpc) is 2.81. The fourth-order valence-corrected chi connectivity index (χ4v) is 2.67. The first-order valence-electron chi connectivity index (χ1n) is 5.27. The SMILES string of the molecule is CN(Cc1ncn[nH]1)S(=O)(=O)c1ccc(N)cc1F. The third-order valence-electron chi connectivity index (χ3n) is 2.48. The molecule has 1 aromatic heterocycles. The molecule has 2 aromatic rings. The number of nitrogens with one attached hydrogen (secondary N) is 1. The summed E-state index contributed by atoms with van der Waals surface area (Å²) in [6.45, 7) is -0.0356. The second-order valence-electron chi connectivity index (χ2n) is 3.88. The molecule has 7 nitrogen and oxygen atoms in total. The van der Waals surface area contributed by atoms with Gasteiger partial charge in [0.15, 0.2) is 0 Å². The van der Waals surface area contributed by atoms with E-state index in [0.717, 1.165) is 16.4 Å². The van der Waals surface area contributed by atoms with E-state index < -0.39 is 20.7 Å². The molecule has 0 atom stereocenters. The normalized spacial score (nSPS) is 11.9. The lowest BCUT2D eigenvalue weighted by atomic mass is 10.3. The number of halogens is 1. The molecule has 0 aliphatic rings. The number of benzene rings is 1. The molecular weight excluding hydrogens is 273 g/mol. The van der Waals surface area contributed by atoms with Crippen molar-refractivity contribution in [2.45, 2.75) is 11.4 Å². The summed E-state index contributed by atoms with van der Waals surface area (Å²) in [5.74, 6) is -0.522. The molecule has 2 rings (SSSR count). The van der Waals surface area contributed by atoms with Crippen LogP contribution in [0.3, 0.4) is 0 Å². The summed E-state index contributed by atoms with van der Waals surface area (Å²) in [6, 6.07) is 3.43. The van der Waals surface area contributed by atoms with Crippen molar-refractivity contribution < 1.29 is 12.8 Å². The predicted molar refractivity (Wildman–Crippen MR) is 65.8 cm³/mol. The van der Waals surface area contributed by atoms with E-state index >= 15 is 0 Å². The first-order chi connectivity index (χ1) is 8.91. The molecule has 0 amide bonds. The molecule has 0 radical (unpaired) electrons. The lowest BCUT2D eigenvalue weighted by molar-refractivity contribution is 0.451. The maximum Gasteiger partial charge on any atom is 0.246 e. The number of nitrogens with zero attached hydrogens (tertiary/aromatic N) is 3. The number of anilines is 1. The molecule has 3 N–H and O–H groups in total. The van der Waals surface area contributed by atoms with Crippen LogP contribution in [-0.2, 0) is 16.6 Å². The van der Waals surface area contributed by atoms with Crippen LogP contribution in [0.4, 0.5) is 10.1 Å². The summed E-state index contributed by atoms with van der Waals surface area (Å²) >= 11 is 0. The van der Waals surface area contributed by atoms with Crippen molar-refractivity contribution in [3.63, 3.8) is 0 Å². The van der Waals surface area contributed by atoms with Gasteiger partial charge < -0.3 is 5.73 Å². The van der Waals surface area contributed by atoms with Crippen LogP contribution >= 0.6 is 0 Å². The Bertz CT molecular complexity index is 671. The lowest BCUT2D eigenvalue weighted by Gasteiger charge is -2.16. The van der Waals surface area contributed by atoms with Gasteiger partial charge >= 0.3 is 0 Å². The van der Waals surface area contributed by atoms with E-state index in [1.54, 1.807) is 0 Å². The zero-order chi connectivity index (χ0) is 14.0. The highest BCUT2D eigenvalue weighted by atomic mass is 32.2. The Hall–Kier alpha value is -2.00. The van der Waals surface area contributed by atoms with Gasteiger partial charge in [-0.1, -0.05) is 0 Å². The molecule has 0 aliphatic carbocycles. The van der Waals surface area contributed by atoms with Gasteiger partial charge in [-0.2, -0.15) is 9.40 Å². The van der Waals surface area contributed by atoms with E-state index in [-0.39, 0.29) is 12.2 Å². The zero-order valence-electron chi connectivity index (χ0n) is 10.0. The van der Waals surface area contributed by atoms with Crippen LogP contribution in [0, 0.1) is 5.82 Å². The molecule has 0 unspecified atom stereocenters. The summed E-state index contributed by atoms with van der Waals surface area (Å²) in [5, 5.41) is 6.15. The predicted octanol–water partition coefficient (Wildman–Crippen LogP) is 0.347. The molecule has 0 aliphatic heterocycles. The average molecular weight is 285 g/mol. The van der Waals surface area contributed by atoms with E-state index in [1.807, 2.05) is 0 Å². The van der Waals surface area contributed by atoms with Crippen molar-refractivity contribution in [1.29, 1.82) is 0 Å². The Morgan fingerprint density at radius 2 is 2.21 bits per heavy atom. The van der Waals surface area contributed by atoms with Gasteiger partial charge in [-0.25, -0.2) is 17.8 Å².